The van der Waals surface area contributed by atoms with Crippen LogP contribution in [0.2, 0.25) is 0 Å². The van der Waals surface area contributed by atoms with E-state index in [1.54, 1.807) is 0 Å². The molecule has 1 saturated carbocycles. The average Bonchev–Trinajstić information content (AvgIpc) is 3.08. The molecule has 0 aromatic heterocycles. The largest absolute Gasteiger partial charge is 0.0991 e. The molecule has 1 aliphatic carbocycles. The highest BCUT2D eigenvalue weighted by Gasteiger charge is 2.47. The maximum atomic E-state index is 3.89. The minimum atomic E-state index is 0.449. The summed E-state index contributed by atoms with van der Waals surface area (Å²) in [5.74, 6) is 0.775. The molecular weight excluding hydrogens is 180 g/mol. The summed E-state index contributed by atoms with van der Waals surface area (Å²) >= 11 is 0. The molecule has 1 unspecified atom stereocenters. The summed E-state index contributed by atoms with van der Waals surface area (Å²) in [6.07, 6.45) is 9.90. The molecule has 0 heteroatoms. The van der Waals surface area contributed by atoms with Crippen LogP contribution >= 0.6 is 0 Å². The lowest BCUT2D eigenvalue weighted by Crippen LogP contribution is -2.13. The van der Waals surface area contributed by atoms with Crippen molar-refractivity contribution in [2.24, 2.45) is 11.3 Å². The third kappa shape index (κ3) is 3.09. The van der Waals surface area contributed by atoms with E-state index in [9.17, 15) is 0 Å². The summed E-state index contributed by atoms with van der Waals surface area (Å²) in [7, 11) is 0. The van der Waals surface area contributed by atoms with E-state index in [2.05, 4.69) is 33.1 Å². The summed E-state index contributed by atoms with van der Waals surface area (Å²) in [5, 5.41) is 0. The summed E-state index contributed by atoms with van der Waals surface area (Å²) in [4.78, 5) is 0. The lowest BCUT2D eigenvalue weighted by Gasteiger charge is -2.23. The van der Waals surface area contributed by atoms with Gasteiger partial charge < -0.3 is 0 Å². The van der Waals surface area contributed by atoms with Crippen molar-refractivity contribution in [2.45, 2.75) is 47.0 Å². The molecule has 0 saturated heterocycles. The first-order valence-corrected chi connectivity index (χ1v) is 6.17. The predicted molar refractivity (Wildman–Crippen MR) is 70.9 cm³/mol. The first kappa shape index (κ1) is 14.2. The molecule has 1 aliphatic rings. The van der Waals surface area contributed by atoms with Gasteiger partial charge in [-0.3, -0.25) is 0 Å². The van der Waals surface area contributed by atoms with Gasteiger partial charge in [0.25, 0.3) is 0 Å². The highest BCUT2D eigenvalue weighted by Crippen LogP contribution is 2.58. The average molecular weight is 206 g/mol. The van der Waals surface area contributed by atoms with Gasteiger partial charge in [-0.15, -0.1) is 0 Å². The van der Waals surface area contributed by atoms with Crippen molar-refractivity contribution >= 4 is 0 Å². The SMILES string of the molecule is C=C/C=C(\C=C)C1(C(C)CC)CC1.CC. The van der Waals surface area contributed by atoms with Crippen LogP contribution in [-0.2, 0) is 0 Å². The second-order valence-electron chi connectivity index (χ2n) is 4.03. The molecule has 0 spiro atoms. The fourth-order valence-electron chi connectivity index (χ4n) is 2.16. The molecular formula is C15H26. The minimum absolute atomic E-state index is 0.449. The highest BCUT2D eigenvalue weighted by atomic mass is 14.5. The normalized spacial score (nSPS) is 19.6. The number of hydrogen-bond donors (Lipinski definition) is 0. The van der Waals surface area contributed by atoms with E-state index in [1.165, 1.54) is 24.8 Å². The highest BCUT2D eigenvalue weighted by molar-refractivity contribution is 5.34. The Morgan fingerprint density at radius 1 is 1.33 bits per heavy atom. The van der Waals surface area contributed by atoms with Gasteiger partial charge in [0.05, 0.1) is 0 Å². The van der Waals surface area contributed by atoms with E-state index in [0.717, 1.165) is 5.92 Å². The van der Waals surface area contributed by atoms with Crippen LogP contribution in [0.3, 0.4) is 0 Å². The Labute approximate surface area is 95.8 Å². The van der Waals surface area contributed by atoms with Gasteiger partial charge in [0.1, 0.15) is 0 Å². The molecule has 0 radical (unpaired) electrons. The van der Waals surface area contributed by atoms with E-state index in [0.29, 0.717) is 5.41 Å². The Bertz CT molecular complexity index is 228. The molecule has 0 nitrogen and oxygen atoms in total. The third-order valence-electron chi connectivity index (χ3n) is 3.44. The van der Waals surface area contributed by atoms with Crippen LogP contribution < -0.4 is 0 Å². The number of rotatable bonds is 5. The molecule has 1 atom stereocenters. The topological polar surface area (TPSA) is 0 Å². The van der Waals surface area contributed by atoms with Gasteiger partial charge in [-0.2, -0.15) is 0 Å². The van der Waals surface area contributed by atoms with Gasteiger partial charge >= 0.3 is 0 Å². The van der Waals surface area contributed by atoms with Gasteiger partial charge in [-0.05, 0) is 29.7 Å². The lowest BCUT2D eigenvalue weighted by atomic mass is 9.81. The second-order valence-corrected chi connectivity index (χ2v) is 4.03. The third-order valence-corrected chi connectivity index (χ3v) is 3.44. The Hall–Kier alpha value is -0.780. The van der Waals surface area contributed by atoms with E-state index in [4.69, 9.17) is 0 Å². The molecule has 0 aliphatic heterocycles. The van der Waals surface area contributed by atoms with Crippen LogP contribution in [0.25, 0.3) is 0 Å². The molecule has 1 fully saturated rings. The quantitative estimate of drug-likeness (QED) is 0.546. The molecule has 0 heterocycles. The Morgan fingerprint density at radius 3 is 2.13 bits per heavy atom. The lowest BCUT2D eigenvalue weighted by molar-refractivity contribution is 0.383. The molecule has 1 rings (SSSR count). The maximum absolute atomic E-state index is 3.89. The first-order valence-electron chi connectivity index (χ1n) is 6.17. The number of allylic oxidation sites excluding steroid dienone is 4. The van der Waals surface area contributed by atoms with Crippen LogP contribution in [0, 0.1) is 11.3 Å². The first-order chi connectivity index (χ1) is 7.21. The zero-order valence-electron chi connectivity index (χ0n) is 10.8. The van der Waals surface area contributed by atoms with Crippen molar-refractivity contribution in [2.75, 3.05) is 0 Å². The fourth-order valence-corrected chi connectivity index (χ4v) is 2.16. The standard InChI is InChI=1S/C13H20.C2H6/c1-5-8-12(7-3)13(9-10-13)11(4)6-2;1-2/h5,7-8,11H,1,3,6,9-10H2,2,4H3;1-2H3/b12-8+;. The van der Waals surface area contributed by atoms with E-state index in [1.807, 2.05) is 26.0 Å². The zero-order valence-corrected chi connectivity index (χ0v) is 10.8. The van der Waals surface area contributed by atoms with Crippen LogP contribution in [0.1, 0.15) is 47.0 Å². The molecule has 15 heavy (non-hydrogen) atoms. The van der Waals surface area contributed by atoms with E-state index in [-0.39, 0.29) is 0 Å². The summed E-state index contributed by atoms with van der Waals surface area (Å²) in [6.45, 7) is 16.2. The molecule has 0 N–H and O–H groups in total. The van der Waals surface area contributed by atoms with Crippen LogP contribution in [0.15, 0.2) is 37.0 Å². The predicted octanol–water partition coefficient (Wildman–Crippen LogP) is 5.14. The molecule has 0 bridgehead atoms. The number of hydrogen-bond acceptors (Lipinski definition) is 0. The minimum Gasteiger partial charge on any atom is -0.0991 e. The van der Waals surface area contributed by atoms with E-state index >= 15 is 0 Å². The fraction of sp³-hybridized carbons (Fsp3) is 0.600. The van der Waals surface area contributed by atoms with Gasteiger partial charge in [0.15, 0.2) is 0 Å². The van der Waals surface area contributed by atoms with Crippen LogP contribution in [0.4, 0.5) is 0 Å². The van der Waals surface area contributed by atoms with Gasteiger partial charge in [-0.25, -0.2) is 0 Å². The molecule has 0 aromatic carbocycles. The van der Waals surface area contributed by atoms with Crippen molar-refractivity contribution in [3.63, 3.8) is 0 Å². The Balaban J connectivity index is 0.000000921. The maximum Gasteiger partial charge on any atom is -0.00211 e. The second kappa shape index (κ2) is 6.66. The molecule has 86 valence electrons. The van der Waals surface area contributed by atoms with Crippen molar-refractivity contribution in [1.29, 1.82) is 0 Å². The van der Waals surface area contributed by atoms with Crippen molar-refractivity contribution in [3.8, 4) is 0 Å². The van der Waals surface area contributed by atoms with Crippen molar-refractivity contribution in [3.05, 3.63) is 37.0 Å². The van der Waals surface area contributed by atoms with E-state index < -0.39 is 0 Å². The zero-order chi connectivity index (χ0) is 11.9. The summed E-state index contributed by atoms with van der Waals surface area (Å²) < 4.78 is 0. The monoisotopic (exact) mass is 206 g/mol. The van der Waals surface area contributed by atoms with Crippen molar-refractivity contribution < 1.29 is 0 Å². The Morgan fingerprint density at radius 2 is 1.87 bits per heavy atom. The molecule has 0 aromatic rings. The Kier molecular flexibility index (Phi) is 6.31. The van der Waals surface area contributed by atoms with Gasteiger partial charge in [-0.1, -0.05) is 65.5 Å². The van der Waals surface area contributed by atoms with Crippen molar-refractivity contribution in [1.82, 2.24) is 0 Å². The van der Waals surface area contributed by atoms with Crippen LogP contribution in [0.5, 0.6) is 0 Å². The van der Waals surface area contributed by atoms with Gasteiger partial charge in [0, 0.05) is 0 Å². The smallest absolute Gasteiger partial charge is 0.00211 e. The van der Waals surface area contributed by atoms with Gasteiger partial charge in [0.2, 0.25) is 0 Å². The summed E-state index contributed by atoms with van der Waals surface area (Å²) in [5.41, 5.74) is 1.84. The summed E-state index contributed by atoms with van der Waals surface area (Å²) in [6, 6.07) is 0. The molecule has 0 amide bonds. The van der Waals surface area contributed by atoms with Crippen LogP contribution in [-0.4, -0.2) is 0 Å².